The summed E-state index contributed by atoms with van der Waals surface area (Å²) < 4.78 is 29.1. The highest BCUT2D eigenvalue weighted by Gasteiger charge is 2.45. The Kier molecular flexibility index (Phi) is 10.4. The number of amides is 4. The van der Waals surface area contributed by atoms with Crippen molar-refractivity contribution >= 4 is 53.1 Å². The summed E-state index contributed by atoms with van der Waals surface area (Å²) >= 11 is 0. The molecule has 3 aromatic rings. The van der Waals surface area contributed by atoms with Crippen LogP contribution in [0.2, 0.25) is 0 Å². The lowest BCUT2D eigenvalue weighted by molar-refractivity contribution is -0.130. The van der Waals surface area contributed by atoms with Crippen LogP contribution in [-0.2, 0) is 19.2 Å². The van der Waals surface area contributed by atoms with E-state index >= 15 is 0 Å². The molecule has 1 aliphatic heterocycles. The van der Waals surface area contributed by atoms with Gasteiger partial charge in [0.2, 0.25) is 11.8 Å². The zero-order valence-electron chi connectivity index (χ0n) is 23.4. The summed E-state index contributed by atoms with van der Waals surface area (Å²) in [5.74, 6) is -4.47. The highest BCUT2D eigenvalue weighted by atomic mass is 35.5. The smallest absolute Gasteiger partial charge is 0.252 e. The van der Waals surface area contributed by atoms with E-state index in [1.165, 1.54) is 22.8 Å². The molecular formula is C30H32ClF2N5O4. The van der Waals surface area contributed by atoms with Crippen LogP contribution < -0.4 is 25.8 Å². The van der Waals surface area contributed by atoms with Crippen molar-refractivity contribution in [2.75, 3.05) is 22.2 Å². The minimum atomic E-state index is -1.44. The lowest BCUT2D eigenvalue weighted by Crippen LogP contribution is -2.60. The van der Waals surface area contributed by atoms with Crippen molar-refractivity contribution in [2.24, 2.45) is 0 Å². The molecule has 0 aromatic heterocycles. The van der Waals surface area contributed by atoms with Gasteiger partial charge in [-0.1, -0.05) is 48.5 Å². The van der Waals surface area contributed by atoms with E-state index in [4.69, 9.17) is 0 Å². The maximum atomic E-state index is 14.6. The third kappa shape index (κ3) is 6.27. The number of para-hydroxylation sites is 3. The third-order valence-corrected chi connectivity index (χ3v) is 7.09. The summed E-state index contributed by atoms with van der Waals surface area (Å²) in [4.78, 5) is 56.9. The average Bonchev–Trinajstić information content (AvgIpc) is 3.04. The normalized spacial score (nSPS) is 17.7. The summed E-state index contributed by atoms with van der Waals surface area (Å²) in [6.07, 6.45) is 0. The van der Waals surface area contributed by atoms with Crippen molar-refractivity contribution < 1.29 is 28.0 Å². The van der Waals surface area contributed by atoms with Crippen LogP contribution in [0.1, 0.15) is 32.4 Å². The van der Waals surface area contributed by atoms with Crippen molar-refractivity contribution in [3.8, 4) is 0 Å². The Morgan fingerprint density at radius 1 is 0.857 bits per heavy atom. The first-order valence-electron chi connectivity index (χ1n) is 13.1. The van der Waals surface area contributed by atoms with E-state index in [9.17, 15) is 28.0 Å². The topological polar surface area (TPSA) is 111 Å². The van der Waals surface area contributed by atoms with Crippen molar-refractivity contribution in [2.45, 2.75) is 44.9 Å². The first-order chi connectivity index (χ1) is 19.6. The number of hydrogen-bond acceptors (Lipinski definition) is 5. The summed E-state index contributed by atoms with van der Waals surface area (Å²) in [5.41, 5.74) is 0.198. The van der Waals surface area contributed by atoms with Gasteiger partial charge in [-0.15, -0.1) is 12.4 Å². The second-order valence-electron chi connectivity index (χ2n) is 9.72. The van der Waals surface area contributed by atoms with E-state index in [2.05, 4.69) is 16.0 Å². The fraction of sp³-hybridized carbons (Fsp3) is 0.267. The second-order valence-corrected chi connectivity index (χ2v) is 9.72. The molecule has 12 heteroatoms. The molecule has 0 saturated heterocycles. The Morgan fingerprint density at radius 3 is 2.00 bits per heavy atom. The summed E-state index contributed by atoms with van der Waals surface area (Å²) in [7, 11) is 1.59. The van der Waals surface area contributed by atoms with Gasteiger partial charge in [0.1, 0.15) is 29.4 Å². The molecule has 0 saturated carbocycles. The number of anilines is 3. The van der Waals surface area contributed by atoms with Gasteiger partial charge in [-0.25, -0.2) is 8.78 Å². The van der Waals surface area contributed by atoms with Gasteiger partial charge in [-0.05, 0) is 50.7 Å². The van der Waals surface area contributed by atoms with Crippen LogP contribution in [0, 0.1) is 11.6 Å². The molecule has 4 amide bonds. The molecule has 1 heterocycles. The molecule has 1 aliphatic rings. The molecule has 3 N–H and O–H groups in total. The number of hydrogen-bond donors (Lipinski definition) is 3. The van der Waals surface area contributed by atoms with Crippen LogP contribution in [-0.4, -0.2) is 48.8 Å². The standard InChI is InChI=1S/C30H31F2N5O4.ClH/c1-17(33-4)28(39)34-25-18(2)36(19(3)38)23-15-8-9-16-24(23)37(30(25)41)27(20-11-6-5-7-12-20)29(40)35-26-21(31)13-10-14-22(26)32;/h5-18,25,27,33H,1-4H3,(H,34,39)(H,35,40);1H/t17?,18-,25-,27?;/m0./s1. The second kappa shape index (κ2) is 13.5. The predicted molar refractivity (Wildman–Crippen MR) is 158 cm³/mol. The maximum absolute atomic E-state index is 14.6. The Hall–Kier alpha value is -4.35. The van der Waals surface area contributed by atoms with E-state index in [1.807, 2.05) is 0 Å². The summed E-state index contributed by atoms with van der Waals surface area (Å²) in [6.45, 7) is 4.57. The van der Waals surface area contributed by atoms with Gasteiger partial charge in [-0.3, -0.25) is 24.1 Å². The third-order valence-electron chi connectivity index (χ3n) is 7.09. The monoisotopic (exact) mass is 599 g/mol. The SMILES string of the molecule is CNC(C)C(=O)N[C@@H]1C(=O)N(C(C(=O)Nc2c(F)cccc2F)c2ccccc2)c2ccccc2N(C(C)=O)[C@H]1C.Cl. The van der Waals surface area contributed by atoms with Crippen molar-refractivity contribution in [1.82, 2.24) is 10.6 Å². The highest BCUT2D eigenvalue weighted by molar-refractivity contribution is 6.13. The van der Waals surface area contributed by atoms with E-state index in [0.29, 0.717) is 11.3 Å². The molecule has 2 unspecified atom stereocenters. The number of carbonyl (C=O) groups excluding carboxylic acids is 4. The van der Waals surface area contributed by atoms with E-state index in [-0.39, 0.29) is 18.1 Å². The van der Waals surface area contributed by atoms with Gasteiger partial charge < -0.3 is 20.9 Å². The van der Waals surface area contributed by atoms with E-state index < -0.39 is 65.1 Å². The molecule has 222 valence electrons. The lowest BCUT2D eigenvalue weighted by Gasteiger charge is -2.34. The quantitative estimate of drug-likeness (QED) is 0.381. The van der Waals surface area contributed by atoms with Crippen LogP contribution in [0.5, 0.6) is 0 Å². The molecule has 42 heavy (non-hydrogen) atoms. The first kappa shape index (κ1) is 32.2. The van der Waals surface area contributed by atoms with Gasteiger partial charge in [0.05, 0.1) is 23.5 Å². The molecule has 4 atom stereocenters. The van der Waals surface area contributed by atoms with Crippen LogP contribution in [0.25, 0.3) is 0 Å². The summed E-state index contributed by atoms with van der Waals surface area (Å²) in [5, 5.41) is 7.86. The number of carbonyl (C=O) groups is 4. The largest absolute Gasteiger partial charge is 0.341 e. The number of nitrogens with one attached hydrogen (secondary N) is 3. The van der Waals surface area contributed by atoms with Crippen molar-refractivity contribution in [3.05, 3.63) is 90.0 Å². The van der Waals surface area contributed by atoms with Gasteiger partial charge in [0.15, 0.2) is 0 Å². The number of halogens is 3. The summed E-state index contributed by atoms with van der Waals surface area (Å²) in [6, 6.07) is 13.7. The number of nitrogens with zero attached hydrogens (tertiary/aromatic N) is 2. The predicted octanol–water partition coefficient (Wildman–Crippen LogP) is 3.95. The van der Waals surface area contributed by atoms with Gasteiger partial charge in [-0.2, -0.15) is 0 Å². The molecule has 0 fully saturated rings. The Bertz CT molecular complexity index is 1450. The molecule has 0 spiro atoms. The number of benzene rings is 3. The maximum Gasteiger partial charge on any atom is 0.252 e. The minimum absolute atomic E-state index is 0. The zero-order chi connectivity index (χ0) is 29.8. The van der Waals surface area contributed by atoms with Crippen LogP contribution in [0.4, 0.5) is 25.8 Å². The Labute approximate surface area is 248 Å². The van der Waals surface area contributed by atoms with E-state index in [0.717, 1.165) is 12.1 Å². The fourth-order valence-electron chi connectivity index (χ4n) is 4.89. The molecule has 0 bridgehead atoms. The van der Waals surface area contributed by atoms with Crippen LogP contribution >= 0.6 is 12.4 Å². The van der Waals surface area contributed by atoms with Gasteiger partial charge in [0, 0.05) is 6.92 Å². The highest BCUT2D eigenvalue weighted by Crippen LogP contribution is 2.40. The molecule has 0 aliphatic carbocycles. The zero-order valence-corrected chi connectivity index (χ0v) is 24.2. The lowest BCUT2D eigenvalue weighted by atomic mass is 10.0. The molecule has 9 nitrogen and oxygen atoms in total. The number of likely N-dealkylation sites (N-methyl/N-ethyl adjacent to an activating group) is 1. The van der Waals surface area contributed by atoms with Crippen molar-refractivity contribution in [3.63, 3.8) is 0 Å². The van der Waals surface area contributed by atoms with Crippen molar-refractivity contribution in [1.29, 1.82) is 0 Å². The average molecular weight is 600 g/mol. The van der Waals surface area contributed by atoms with Crippen LogP contribution in [0.3, 0.4) is 0 Å². The first-order valence-corrected chi connectivity index (χ1v) is 13.1. The molecule has 4 rings (SSSR count). The molecule has 3 aromatic carbocycles. The number of rotatable bonds is 7. The minimum Gasteiger partial charge on any atom is -0.341 e. The number of fused-ring (bicyclic) bond motifs is 1. The van der Waals surface area contributed by atoms with Crippen LogP contribution in [0.15, 0.2) is 72.8 Å². The Balaban J connectivity index is 0.00000484. The van der Waals surface area contributed by atoms with E-state index in [1.54, 1.807) is 75.5 Å². The Morgan fingerprint density at radius 2 is 1.43 bits per heavy atom. The molecular weight excluding hydrogens is 568 g/mol. The fourth-order valence-corrected chi connectivity index (χ4v) is 4.89. The van der Waals surface area contributed by atoms with Gasteiger partial charge >= 0.3 is 0 Å². The molecule has 0 radical (unpaired) electrons. The van der Waals surface area contributed by atoms with Gasteiger partial charge in [0.25, 0.3) is 11.8 Å².